The van der Waals surface area contributed by atoms with Crippen LogP contribution in [0.15, 0.2) is 24.3 Å². The van der Waals surface area contributed by atoms with Crippen molar-refractivity contribution in [1.82, 2.24) is 0 Å². The highest BCUT2D eigenvalue weighted by Crippen LogP contribution is 2.19. The van der Waals surface area contributed by atoms with Gasteiger partial charge in [-0.2, -0.15) is 0 Å². The van der Waals surface area contributed by atoms with E-state index in [1.54, 1.807) is 0 Å². The van der Waals surface area contributed by atoms with Crippen LogP contribution in [0.3, 0.4) is 0 Å². The molecule has 1 unspecified atom stereocenters. The van der Waals surface area contributed by atoms with Crippen molar-refractivity contribution in [2.75, 3.05) is 5.88 Å². The van der Waals surface area contributed by atoms with Crippen molar-refractivity contribution < 1.29 is 4.79 Å². The molecule has 1 nitrogen and oxygen atoms in total. The standard InChI is InChI=1S/C14H19ClO/c1-3-11(2)12-6-8-13(9-7-12)14(16)5-4-10-15/h6-9,11H,3-5,10H2,1-2H3. The Morgan fingerprint density at radius 1 is 1.31 bits per heavy atom. The van der Waals surface area contributed by atoms with Crippen molar-refractivity contribution in [3.05, 3.63) is 35.4 Å². The first kappa shape index (κ1) is 13.2. The molecule has 1 aromatic carbocycles. The smallest absolute Gasteiger partial charge is 0.162 e. The Kier molecular flexibility index (Phi) is 5.54. The highest BCUT2D eigenvalue weighted by Gasteiger charge is 2.07. The molecular weight excluding hydrogens is 220 g/mol. The molecule has 0 N–H and O–H groups in total. The zero-order chi connectivity index (χ0) is 12.0. The molecule has 0 aromatic heterocycles. The number of carbonyl (C=O) groups is 1. The maximum Gasteiger partial charge on any atom is 0.162 e. The molecule has 0 saturated heterocycles. The van der Waals surface area contributed by atoms with Gasteiger partial charge in [-0.3, -0.25) is 4.79 Å². The van der Waals surface area contributed by atoms with Crippen LogP contribution in [0.4, 0.5) is 0 Å². The molecule has 0 saturated carbocycles. The van der Waals surface area contributed by atoms with E-state index in [0.29, 0.717) is 18.2 Å². The van der Waals surface area contributed by atoms with Gasteiger partial charge in [0, 0.05) is 17.9 Å². The maximum atomic E-state index is 11.7. The van der Waals surface area contributed by atoms with Gasteiger partial charge in [0.25, 0.3) is 0 Å². The third kappa shape index (κ3) is 3.64. The highest BCUT2D eigenvalue weighted by atomic mass is 35.5. The molecule has 0 fully saturated rings. The molecule has 0 aliphatic rings. The van der Waals surface area contributed by atoms with E-state index in [2.05, 4.69) is 26.0 Å². The van der Waals surface area contributed by atoms with Gasteiger partial charge in [0.1, 0.15) is 0 Å². The predicted octanol–water partition coefficient (Wildman–Crippen LogP) is 4.40. The summed E-state index contributed by atoms with van der Waals surface area (Å²) in [5.41, 5.74) is 2.11. The van der Waals surface area contributed by atoms with E-state index in [0.717, 1.165) is 18.4 Å². The molecule has 16 heavy (non-hydrogen) atoms. The van der Waals surface area contributed by atoms with Crippen LogP contribution in [-0.2, 0) is 0 Å². The third-order valence-corrected chi connectivity index (χ3v) is 3.22. The first-order valence-corrected chi connectivity index (χ1v) is 6.41. The van der Waals surface area contributed by atoms with Gasteiger partial charge < -0.3 is 0 Å². The minimum absolute atomic E-state index is 0.191. The molecule has 1 atom stereocenters. The summed E-state index contributed by atoms with van der Waals surface area (Å²) in [6.45, 7) is 4.37. The SMILES string of the molecule is CCC(C)c1ccc(C(=O)CCCCl)cc1. The van der Waals surface area contributed by atoms with Gasteiger partial charge in [-0.05, 0) is 24.3 Å². The number of benzene rings is 1. The topological polar surface area (TPSA) is 17.1 Å². The van der Waals surface area contributed by atoms with Crippen molar-refractivity contribution in [2.45, 2.75) is 39.0 Å². The van der Waals surface area contributed by atoms with Gasteiger partial charge in [0.2, 0.25) is 0 Å². The van der Waals surface area contributed by atoms with E-state index < -0.39 is 0 Å². The average molecular weight is 239 g/mol. The molecule has 0 aliphatic carbocycles. The van der Waals surface area contributed by atoms with Gasteiger partial charge in [-0.1, -0.05) is 38.1 Å². The van der Waals surface area contributed by atoms with Crippen molar-refractivity contribution in [2.24, 2.45) is 0 Å². The van der Waals surface area contributed by atoms with Crippen molar-refractivity contribution in [1.29, 1.82) is 0 Å². The number of ketones is 1. The van der Waals surface area contributed by atoms with Crippen LogP contribution >= 0.6 is 11.6 Å². The Balaban J connectivity index is 2.67. The van der Waals surface area contributed by atoms with Gasteiger partial charge in [0.05, 0.1) is 0 Å². The fraction of sp³-hybridized carbons (Fsp3) is 0.500. The fourth-order valence-electron chi connectivity index (χ4n) is 1.60. The first-order valence-electron chi connectivity index (χ1n) is 5.88. The number of halogens is 1. The van der Waals surface area contributed by atoms with Crippen LogP contribution in [0.25, 0.3) is 0 Å². The minimum atomic E-state index is 0.191. The zero-order valence-corrected chi connectivity index (χ0v) is 10.8. The number of hydrogen-bond donors (Lipinski definition) is 0. The molecule has 88 valence electrons. The molecule has 0 aliphatic heterocycles. The molecule has 0 amide bonds. The van der Waals surface area contributed by atoms with Crippen LogP contribution in [0.1, 0.15) is 54.9 Å². The largest absolute Gasteiger partial charge is 0.294 e. The van der Waals surface area contributed by atoms with E-state index in [-0.39, 0.29) is 5.78 Å². The number of alkyl halides is 1. The average Bonchev–Trinajstić information content (AvgIpc) is 2.35. The van der Waals surface area contributed by atoms with Crippen LogP contribution in [0.2, 0.25) is 0 Å². The molecule has 0 spiro atoms. The lowest BCUT2D eigenvalue weighted by atomic mass is 9.96. The van der Waals surface area contributed by atoms with E-state index in [4.69, 9.17) is 11.6 Å². The molecule has 1 rings (SSSR count). The quantitative estimate of drug-likeness (QED) is 0.530. The summed E-state index contributed by atoms with van der Waals surface area (Å²) in [6, 6.07) is 7.97. The van der Waals surface area contributed by atoms with Crippen molar-refractivity contribution >= 4 is 17.4 Å². The van der Waals surface area contributed by atoms with Crippen LogP contribution < -0.4 is 0 Å². The van der Waals surface area contributed by atoms with E-state index in [1.165, 1.54) is 5.56 Å². The Hall–Kier alpha value is -0.820. The van der Waals surface area contributed by atoms with Crippen molar-refractivity contribution in [3.8, 4) is 0 Å². The molecule has 2 heteroatoms. The second-order valence-corrected chi connectivity index (χ2v) is 4.52. The summed E-state index contributed by atoms with van der Waals surface area (Å²) >= 11 is 5.57. The minimum Gasteiger partial charge on any atom is -0.294 e. The lowest BCUT2D eigenvalue weighted by Crippen LogP contribution is -2.00. The second-order valence-electron chi connectivity index (χ2n) is 4.15. The summed E-state index contributed by atoms with van der Waals surface area (Å²) in [4.78, 5) is 11.7. The monoisotopic (exact) mass is 238 g/mol. The van der Waals surface area contributed by atoms with Crippen LogP contribution in [0.5, 0.6) is 0 Å². The summed E-state index contributed by atoms with van der Waals surface area (Å²) in [5, 5.41) is 0. The Bertz CT molecular complexity index is 329. The number of rotatable bonds is 6. The molecule has 0 radical (unpaired) electrons. The second kappa shape index (κ2) is 6.70. The first-order chi connectivity index (χ1) is 7.69. The Morgan fingerprint density at radius 2 is 1.94 bits per heavy atom. The van der Waals surface area contributed by atoms with E-state index in [9.17, 15) is 4.79 Å². The molecule has 1 aromatic rings. The third-order valence-electron chi connectivity index (χ3n) is 2.95. The normalized spacial score (nSPS) is 12.4. The molecule has 0 heterocycles. The predicted molar refractivity (Wildman–Crippen MR) is 69.4 cm³/mol. The van der Waals surface area contributed by atoms with Crippen molar-refractivity contribution in [3.63, 3.8) is 0 Å². The van der Waals surface area contributed by atoms with E-state index >= 15 is 0 Å². The van der Waals surface area contributed by atoms with Crippen LogP contribution in [0, 0.1) is 0 Å². The molecular formula is C14H19ClO. The van der Waals surface area contributed by atoms with Gasteiger partial charge in [0.15, 0.2) is 5.78 Å². The Morgan fingerprint density at radius 3 is 2.44 bits per heavy atom. The maximum absolute atomic E-state index is 11.7. The number of hydrogen-bond acceptors (Lipinski definition) is 1. The fourth-order valence-corrected chi connectivity index (χ4v) is 1.74. The number of carbonyl (C=O) groups excluding carboxylic acids is 1. The lowest BCUT2D eigenvalue weighted by Gasteiger charge is -2.09. The van der Waals surface area contributed by atoms with Gasteiger partial charge in [-0.15, -0.1) is 11.6 Å². The summed E-state index contributed by atoms with van der Waals surface area (Å²) in [7, 11) is 0. The summed E-state index contributed by atoms with van der Waals surface area (Å²) in [5.74, 6) is 1.31. The van der Waals surface area contributed by atoms with Gasteiger partial charge in [-0.25, -0.2) is 0 Å². The van der Waals surface area contributed by atoms with Gasteiger partial charge >= 0.3 is 0 Å². The number of Topliss-reactive ketones (excluding diaryl/α,β-unsaturated/α-hetero) is 1. The summed E-state index contributed by atoms with van der Waals surface area (Å²) < 4.78 is 0. The zero-order valence-electron chi connectivity index (χ0n) is 10.0. The van der Waals surface area contributed by atoms with E-state index in [1.807, 2.05) is 12.1 Å². The lowest BCUT2D eigenvalue weighted by molar-refractivity contribution is 0.0982. The Labute approximate surface area is 103 Å². The van der Waals surface area contributed by atoms with Crippen LogP contribution in [-0.4, -0.2) is 11.7 Å². The molecule has 0 bridgehead atoms. The summed E-state index contributed by atoms with van der Waals surface area (Å²) in [6.07, 6.45) is 2.43. The highest BCUT2D eigenvalue weighted by molar-refractivity contribution is 6.18.